The Morgan fingerprint density at radius 3 is 0.845 bits per heavy atom. The Balaban J connectivity index is 3.38. The van der Waals surface area contributed by atoms with Crippen LogP contribution in [0.5, 0.6) is 0 Å². The number of allylic oxidation sites excluding steroid dienone is 5. The van der Waals surface area contributed by atoms with Crippen molar-refractivity contribution in [2.45, 2.75) is 437 Å². The minimum atomic E-state index is -0.844. The van der Waals surface area contributed by atoms with Gasteiger partial charge in [-0.05, 0) is 83.5 Å². The fourth-order valence-corrected chi connectivity index (χ4v) is 12.0. The molecule has 0 aromatic carbocycles. The van der Waals surface area contributed by atoms with Gasteiger partial charge in [-0.2, -0.15) is 0 Å². The van der Waals surface area contributed by atoms with Crippen LogP contribution in [0.25, 0.3) is 0 Å². The topological polar surface area (TPSA) is 95.9 Å². The molecule has 0 aliphatic heterocycles. The summed E-state index contributed by atoms with van der Waals surface area (Å²) in [6.45, 7) is 4.94. The summed E-state index contributed by atoms with van der Waals surface area (Å²) in [6, 6.07) is -0.627. The monoisotopic (exact) mass is 1180 g/mol. The van der Waals surface area contributed by atoms with E-state index in [0.717, 1.165) is 44.9 Å². The molecular weight excluding hydrogens is 1030 g/mol. The van der Waals surface area contributed by atoms with Gasteiger partial charge in [-0.3, -0.25) is 9.59 Å². The van der Waals surface area contributed by atoms with Crippen molar-refractivity contribution < 1.29 is 24.5 Å². The zero-order valence-electron chi connectivity index (χ0n) is 56.9. The molecule has 2 atom stereocenters. The molecule has 1 amide bonds. The maximum Gasteiger partial charge on any atom is 0.305 e. The maximum atomic E-state index is 12.5. The van der Waals surface area contributed by atoms with E-state index in [9.17, 15) is 19.8 Å². The van der Waals surface area contributed by atoms with Crippen molar-refractivity contribution in [2.24, 2.45) is 0 Å². The number of unbranched alkanes of at least 4 members (excludes halogenated alkanes) is 57. The van der Waals surface area contributed by atoms with E-state index in [-0.39, 0.29) is 18.5 Å². The highest BCUT2D eigenvalue weighted by atomic mass is 16.5. The van der Waals surface area contributed by atoms with Crippen LogP contribution in [0.2, 0.25) is 0 Å². The second-order valence-electron chi connectivity index (χ2n) is 26.3. The largest absolute Gasteiger partial charge is 0.466 e. The lowest BCUT2D eigenvalue weighted by Gasteiger charge is -2.20. The molecule has 0 saturated carbocycles. The summed E-state index contributed by atoms with van der Waals surface area (Å²) in [4.78, 5) is 24.6. The summed E-state index contributed by atoms with van der Waals surface area (Å²) in [5, 5.41) is 23.3. The number of carbonyl (C=O) groups excluding carboxylic acids is 2. The molecule has 0 aromatic rings. The van der Waals surface area contributed by atoms with Crippen LogP contribution in [0.3, 0.4) is 0 Å². The van der Waals surface area contributed by atoms with Crippen LogP contribution in [0.1, 0.15) is 425 Å². The van der Waals surface area contributed by atoms with Crippen LogP contribution in [-0.4, -0.2) is 47.4 Å². The number of aliphatic hydroxyl groups is 2. The smallest absolute Gasteiger partial charge is 0.305 e. The van der Waals surface area contributed by atoms with Gasteiger partial charge in [-0.15, -0.1) is 0 Å². The number of hydrogen-bond donors (Lipinski definition) is 3. The van der Waals surface area contributed by atoms with Gasteiger partial charge in [-0.1, -0.05) is 365 Å². The van der Waals surface area contributed by atoms with Crippen LogP contribution >= 0.6 is 0 Å². The number of nitrogens with one attached hydrogen (secondary N) is 1. The Hall–Kier alpha value is -1.92. The summed E-state index contributed by atoms with van der Waals surface area (Å²) >= 11 is 0. The number of aliphatic hydroxyl groups excluding tert-OH is 2. The molecule has 6 heteroatoms. The van der Waals surface area contributed by atoms with Crippen molar-refractivity contribution in [1.82, 2.24) is 5.32 Å². The van der Waals surface area contributed by atoms with Crippen LogP contribution in [0.4, 0.5) is 0 Å². The van der Waals surface area contributed by atoms with Gasteiger partial charge < -0.3 is 20.3 Å². The molecule has 0 heterocycles. The van der Waals surface area contributed by atoms with Crippen LogP contribution < -0.4 is 5.32 Å². The Morgan fingerprint density at radius 1 is 0.321 bits per heavy atom. The average molecular weight is 1180 g/mol. The molecule has 0 aliphatic carbocycles. The van der Waals surface area contributed by atoms with Crippen molar-refractivity contribution >= 4 is 11.9 Å². The maximum absolute atomic E-state index is 12.5. The van der Waals surface area contributed by atoms with E-state index in [0.29, 0.717) is 19.4 Å². The molecule has 6 nitrogen and oxygen atoms in total. The molecule has 84 heavy (non-hydrogen) atoms. The van der Waals surface area contributed by atoms with E-state index in [1.165, 1.54) is 353 Å². The predicted octanol–water partition coefficient (Wildman–Crippen LogP) is 25.0. The van der Waals surface area contributed by atoms with E-state index < -0.39 is 12.1 Å². The van der Waals surface area contributed by atoms with E-state index in [2.05, 4.69) is 43.5 Å². The summed E-state index contributed by atoms with van der Waals surface area (Å²) in [7, 11) is 0. The van der Waals surface area contributed by atoms with Crippen molar-refractivity contribution in [3.8, 4) is 0 Å². The second-order valence-corrected chi connectivity index (χ2v) is 26.3. The molecule has 0 radical (unpaired) electrons. The van der Waals surface area contributed by atoms with Gasteiger partial charge in [0.2, 0.25) is 5.91 Å². The number of carbonyl (C=O) groups is 2. The highest BCUT2D eigenvalue weighted by Gasteiger charge is 2.18. The molecule has 0 rings (SSSR count). The number of amides is 1. The first-order valence-corrected chi connectivity index (χ1v) is 38.3. The zero-order valence-corrected chi connectivity index (χ0v) is 56.9. The SMILES string of the molecule is CCCCCCCC/C=C\CCCCCCCC(=O)OCCCCCCCCCCCCCC/C=C\CCCCCCCCCCCCCCCCCCC(=O)NC(CO)C(O)/C=C/CCCCCCCCCCCCCCCCCCCC. The van der Waals surface area contributed by atoms with Crippen LogP contribution in [-0.2, 0) is 14.3 Å². The van der Waals surface area contributed by atoms with Crippen molar-refractivity contribution in [3.63, 3.8) is 0 Å². The third-order valence-corrected chi connectivity index (χ3v) is 17.9. The molecule has 0 fully saturated rings. The number of ether oxygens (including phenoxy) is 1. The van der Waals surface area contributed by atoms with Crippen LogP contribution in [0.15, 0.2) is 36.5 Å². The number of hydrogen-bond acceptors (Lipinski definition) is 5. The lowest BCUT2D eigenvalue weighted by molar-refractivity contribution is -0.143. The van der Waals surface area contributed by atoms with Gasteiger partial charge in [0, 0.05) is 12.8 Å². The molecule has 0 bridgehead atoms. The lowest BCUT2D eigenvalue weighted by atomic mass is 10.0. The van der Waals surface area contributed by atoms with Gasteiger partial charge in [-0.25, -0.2) is 0 Å². The van der Waals surface area contributed by atoms with E-state index >= 15 is 0 Å². The Kier molecular flexibility index (Phi) is 71.9. The fourth-order valence-electron chi connectivity index (χ4n) is 12.0. The first kappa shape index (κ1) is 82.1. The average Bonchev–Trinajstić information content (AvgIpc) is 3.51. The number of esters is 1. The summed E-state index contributed by atoms with van der Waals surface area (Å²) in [5.74, 6) is -0.0508. The lowest BCUT2D eigenvalue weighted by Crippen LogP contribution is -2.45. The van der Waals surface area contributed by atoms with Gasteiger partial charge in [0.15, 0.2) is 0 Å². The molecule has 496 valence electrons. The van der Waals surface area contributed by atoms with Crippen molar-refractivity contribution in [3.05, 3.63) is 36.5 Å². The molecular formula is C78H149NO5. The Labute approximate surface area is 525 Å². The van der Waals surface area contributed by atoms with Gasteiger partial charge in [0.25, 0.3) is 0 Å². The van der Waals surface area contributed by atoms with E-state index in [4.69, 9.17) is 4.74 Å². The molecule has 0 aromatic heterocycles. The van der Waals surface area contributed by atoms with Crippen molar-refractivity contribution in [1.29, 1.82) is 0 Å². The van der Waals surface area contributed by atoms with E-state index in [1.54, 1.807) is 6.08 Å². The second kappa shape index (κ2) is 73.5. The van der Waals surface area contributed by atoms with Gasteiger partial charge >= 0.3 is 5.97 Å². The molecule has 0 spiro atoms. The molecule has 0 aliphatic rings. The molecule has 2 unspecified atom stereocenters. The zero-order chi connectivity index (χ0) is 60.6. The third kappa shape index (κ3) is 69.2. The first-order valence-electron chi connectivity index (χ1n) is 38.3. The highest BCUT2D eigenvalue weighted by Crippen LogP contribution is 2.19. The summed E-state index contributed by atoms with van der Waals surface area (Å²) in [5.41, 5.74) is 0. The minimum absolute atomic E-state index is 0.0106. The van der Waals surface area contributed by atoms with Crippen LogP contribution in [0, 0.1) is 0 Å². The van der Waals surface area contributed by atoms with Gasteiger partial charge in [0.05, 0.1) is 25.4 Å². The van der Waals surface area contributed by atoms with Crippen molar-refractivity contribution in [2.75, 3.05) is 13.2 Å². The summed E-state index contributed by atoms with van der Waals surface area (Å²) < 4.78 is 5.49. The molecule has 3 N–H and O–H groups in total. The standard InChI is InChI=1S/C78H149NO5/c1-3-5-7-9-11-13-15-17-19-20-21-36-39-43-46-50-54-58-62-66-70-76(81)75(74-80)79-77(82)71-67-63-59-55-51-47-44-40-37-34-32-30-28-26-24-22-23-25-27-29-31-33-35-38-41-45-49-53-57-61-65-69-73-84-78(83)72-68-64-60-56-52-48-42-18-16-14-12-10-8-6-4-2/h18,25,27,42,66,70,75-76,80-81H,3-17,19-24,26,28-41,43-65,67-69,71-74H2,1-2H3,(H,79,82)/b27-25-,42-18-,70-66+. The van der Waals surface area contributed by atoms with E-state index in [1.807, 2.05) is 6.08 Å². The predicted molar refractivity (Wildman–Crippen MR) is 370 cm³/mol. The third-order valence-electron chi connectivity index (χ3n) is 17.9. The normalized spacial score (nSPS) is 12.7. The highest BCUT2D eigenvalue weighted by molar-refractivity contribution is 5.76. The minimum Gasteiger partial charge on any atom is -0.466 e. The Morgan fingerprint density at radius 2 is 0.560 bits per heavy atom. The number of rotatable bonds is 72. The first-order chi connectivity index (χ1) is 41.5. The van der Waals surface area contributed by atoms with Gasteiger partial charge in [0.1, 0.15) is 0 Å². The quantitative estimate of drug-likeness (QED) is 0.0320. The summed E-state index contributed by atoms with van der Waals surface area (Å²) in [6.07, 6.45) is 95.4. The molecule has 0 saturated heterocycles. The fraction of sp³-hybridized carbons (Fsp3) is 0.897. The Bertz CT molecular complexity index is 1360.